The van der Waals surface area contributed by atoms with Gasteiger partial charge in [0.2, 0.25) is 0 Å². The summed E-state index contributed by atoms with van der Waals surface area (Å²) in [6, 6.07) is 3.98. The van der Waals surface area contributed by atoms with Gasteiger partial charge in [0.15, 0.2) is 0 Å². The van der Waals surface area contributed by atoms with Crippen molar-refractivity contribution >= 4 is 17.4 Å². The molecule has 0 aliphatic carbocycles. The molecule has 1 aromatic heterocycles. The normalized spacial score (nSPS) is 19.2. The van der Waals surface area contributed by atoms with E-state index in [1.54, 1.807) is 11.3 Å². The fourth-order valence-electron chi connectivity index (χ4n) is 1.82. The van der Waals surface area contributed by atoms with E-state index < -0.39 is 0 Å². The Bertz CT molecular complexity index is 372. The number of thiophene rings is 1. The van der Waals surface area contributed by atoms with Crippen molar-refractivity contribution in [2.75, 3.05) is 13.2 Å². The maximum atomic E-state index is 11.5. The second kappa shape index (κ2) is 6.02. The van der Waals surface area contributed by atoms with E-state index in [0.29, 0.717) is 13.1 Å². The van der Waals surface area contributed by atoms with Crippen LogP contribution in [-0.4, -0.2) is 25.3 Å². The zero-order chi connectivity index (χ0) is 12.1. The molecule has 0 saturated carbocycles. The van der Waals surface area contributed by atoms with E-state index in [1.165, 1.54) is 9.75 Å². The summed E-state index contributed by atoms with van der Waals surface area (Å²) in [4.78, 5) is 13.9. The minimum absolute atomic E-state index is 0.119. The fraction of sp³-hybridized carbons (Fsp3) is 0.583. The molecule has 1 aromatic rings. The molecule has 2 amide bonds. The minimum atomic E-state index is -0.119. The highest BCUT2D eigenvalue weighted by Crippen LogP contribution is 2.14. The summed E-state index contributed by atoms with van der Waals surface area (Å²) in [5.74, 6) is 0. The van der Waals surface area contributed by atoms with Crippen LogP contribution in [0.2, 0.25) is 0 Å². The van der Waals surface area contributed by atoms with Crippen LogP contribution in [0, 0.1) is 6.92 Å². The summed E-state index contributed by atoms with van der Waals surface area (Å²) in [5, 5.41) is 5.67. The highest BCUT2D eigenvalue weighted by Gasteiger charge is 2.15. The Hall–Kier alpha value is -1.07. The third-order valence-corrected chi connectivity index (χ3v) is 3.73. The van der Waals surface area contributed by atoms with Crippen molar-refractivity contribution in [3.05, 3.63) is 21.9 Å². The molecule has 17 heavy (non-hydrogen) atoms. The zero-order valence-electron chi connectivity index (χ0n) is 9.99. The van der Waals surface area contributed by atoms with Gasteiger partial charge in [0, 0.05) is 22.9 Å². The first-order chi connectivity index (χ1) is 8.24. The molecule has 0 radical (unpaired) electrons. The van der Waals surface area contributed by atoms with Crippen LogP contribution in [0.15, 0.2) is 12.1 Å². The average Bonchev–Trinajstić information content (AvgIpc) is 2.95. The first kappa shape index (κ1) is 12.4. The van der Waals surface area contributed by atoms with E-state index in [0.717, 1.165) is 19.4 Å². The highest BCUT2D eigenvalue weighted by molar-refractivity contribution is 7.11. The lowest BCUT2D eigenvalue weighted by atomic mass is 10.2. The van der Waals surface area contributed by atoms with Crippen molar-refractivity contribution in [2.45, 2.75) is 32.4 Å². The van der Waals surface area contributed by atoms with Crippen LogP contribution in [0.5, 0.6) is 0 Å². The lowest BCUT2D eigenvalue weighted by Gasteiger charge is -2.11. The molecule has 0 bridgehead atoms. The SMILES string of the molecule is Cc1ccc(CNC(=O)NCC2CCCO2)s1. The van der Waals surface area contributed by atoms with Crippen molar-refractivity contribution < 1.29 is 9.53 Å². The molecule has 5 heteroatoms. The maximum Gasteiger partial charge on any atom is 0.315 e. The van der Waals surface area contributed by atoms with Gasteiger partial charge >= 0.3 is 6.03 Å². The van der Waals surface area contributed by atoms with Crippen LogP contribution in [-0.2, 0) is 11.3 Å². The van der Waals surface area contributed by atoms with Gasteiger partial charge in [0.05, 0.1) is 12.6 Å². The van der Waals surface area contributed by atoms with E-state index in [-0.39, 0.29) is 12.1 Å². The van der Waals surface area contributed by atoms with Gasteiger partial charge in [-0.05, 0) is 31.9 Å². The molecule has 1 unspecified atom stereocenters. The lowest BCUT2D eigenvalue weighted by Crippen LogP contribution is -2.39. The topological polar surface area (TPSA) is 50.4 Å². The molecule has 2 rings (SSSR count). The van der Waals surface area contributed by atoms with Gasteiger partial charge in [0.25, 0.3) is 0 Å². The quantitative estimate of drug-likeness (QED) is 0.864. The molecule has 4 nitrogen and oxygen atoms in total. The van der Waals surface area contributed by atoms with E-state index in [4.69, 9.17) is 4.74 Å². The standard InChI is InChI=1S/C12H18N2O2S/c1-9-4-5-11(17-9)8-14-12(15)13-7-10-3-2-6-16-10/h4-5,10H,2-3,6-8H2,1H3,(H2,13,14,15). The predicted molar refractivity (Wildman–Crippen MR) is 68.3 cm³/mol. The Morgan fingerprint density at radius 1 is 1.53 bits per heavy atom. The van der Waals surface area contributed by atoms with Crippen molar-refractivity contribution in [3.8, 4) is 0 Å². The Morgan fingerprint density at radius 2 is 2.41 bits per heavy atom. The summed E-state index contributed by atoms with van der Waals surface area (Å²) in [7, 11) is 0. The number of hydrogen-bond acceptors (Lipinski definition) is 3. The Balaban J connectivity index is 1.63. The molecular weight excluding hydrogens is 236 g/mol. The average molecular weight is 254 g/mol. The van der Waals surface area contributed by atoms with Gasteiger partial charge in [0.1, 0.15) is 0 Å². The van der Waals surface area contributed by atoms with Crippen molar-refractivity contribution in [3.63, 3.8) is 0 Å². The number of ether oxygens (including phenoxy) is 1. The van der Waals surface area contributed by atoms with Crippen LogP contribution in [0.3, 0.4) is 0 Å². The van der Waals surface area contributed by atoms with E-state index in [2.05, 4.69) is 23.6 Å². The summed E-state index contributed by atoms with van der Waals surface area (Å²) in [5.41, 5.74) is 0. The van der Waals surface area contributed by atoms with Crippen LogP contribution >= 0.6 is 11.3 Å². The molecule has 1 aliphatic heterocycles. The number of urea groups is 1. The molecule has 1 fully saturated rings. The highest BCUT2D eigenvalue weighted by atomic mass is 32.1. The second-order valence-corrected chi connectivity index (χ2v) is 5.58. The van der Waals surface area contributed by atoms with Gasteiger partial charge < -0.3 is 15.4 Å². The van der Waals surface area contributed by atoms with Crippen molar-refractivity contribution in [1.29, 1.82) is 0 Å². The molecule has 2 N–H and O–H groups in total. The predicted octanol–water partition coefficient (Wildman–Crippen LogP) is 2.03. The fourth-order valence-corrected chi connectivity index (χ4v) is 2.65. The maximum absolute atomic E-state index is 11.5. The Labute approximate surface area is 105 Å². The number of carbonyl (C=O) groups is 1. The largest absolute Gasteiger partial charge is 0.376 e. The zero-order valence-corrected chi connectivity index (χ0v) is 10.8. The van der Waals surface area contributed by atoms with Crippen LogP contribution in [0.1, 0.15) is 22.6 Å². The molecule has 1 atom stereocenters. The lowest BCUT2D eigenvalue weighted by molar-refractivity contribution is 0.111. The number of amides is 2. The monoisotopic (exact) mass is 254 g/mol. The second-order valence-electron chi connectivity index (χ2n) is 4.21. The Kier molecular flexibility index (Phi) is 4.39. The molecule has 94 valence electrons. The summed E-state index contributed by atoms with van der Waals surface area (Å²) in [6.07, 6.45) is 2.34. The number of aryl methyl sites for hydroxylation is 1. The van der Waals surface area contributed by atoms with Gasteiger partial charge in [-0.15, -0.1) is 11.3 Å². The molecule has 0 spiro atoms. The summed E-state index contributed by atoms with van der Waals surface area (Å²) in [6.45, 7) is 4.08. The van der Waals surface area contributed by atoms with E-state index in [1.807, 2.05) is 6.07 Å². The molecule has 1 aliphatic rings. The first-order valence-electron chi connectivity index (χ1n) is 5.92. The summed E-state index contributed by atoms with van der Waals surface area (Å²) >= 11 is 1.71. The molecular formula is C12H18N2O2S. The molecule has 2 heterocycles. The van der Waals surface area contributed by atoms with Gasteiger partial charge in [-0.25, -0.2) is 4.79 Å². The summed E-state index contributed by atoms with van der Waals surface area (Å²) < 4.78 is 5.43. The third kappa shape index (κ3) is 4.02. The van der Waals surface area contributed by atoms with Gasteiger partial charge in [-0.3, -0.25) is 0 Å². The number of nitrogens with one attached hydrogen (secondary N) is 2. The minimum Gasteiger partial charge on any atom is -0.376 e. The van der Waals surface area contributed by atoms with Crippen molar-refractivity contribution in [1.82, 2.24) is 10.6 Å². The number of rotatable bonds is 4. The van der Waals surface area contributed by atoms with E-state index in [9.17, 15) is 4.79 Å². The molecule has 1 saturated heterocycles. The third-order valence-electron chi connectivity index (χ3n) is 2.73. The first-order valence-corrected chi connectivity index (χ1v) is 6.74. The number of hydrogen-bond donors (Lipinski definition) is 2. The van der Waals surface area contributed by atoms with Gasteiger partial charge in [-0.2, -0.15) is 0 Å². The Morgan fingerprint density at radius 3 is 3.06 bits per heavy atom. The number of carbonyl (C=O) groups excluding carboxylic acids is 1. The van der Waals surface area contributed by atoms with Gasteiger partial charge in [-0.1, -0.05) is 0 Å². The van der Waals surface area contributed by atoms with Crippen LogP contribution in [0.25, 0.3) is 0 Å². The van der Waals surface area contributed by atoms with E-state index >= 15 is 0 Å². The van der Waals surface area contributed by atoms with Crippen LogP contribution < -0.4 is 10.6 Å². The van der Waals surface area contributed by atoms with Crippen LogP contribution in [0.4, 0.5) is 4.79 Å². The van der Waals surface area contributed by atoms with Crippen molar-refractivity contribution in [2.24, 2.45) is 0 Å². The molecule has 0 aromatic carbocycles. The smallest absolute Gasteiger partial charge is 0.315 e.